The van der Waals surface area contributed by atoms with Crippen molar-refractivity contribution in [1.29, 1.82) is 0 Å². The molecule has 1 unspecified atom stereocenters. The molecule has 0 aliphatic heterocycles. The van der Waals surface area contributed by atoms with Crippen LogP contribution < -0.4 is 0 Å². The molecule has 1 atom stereocenters. The number of hydrogen-bond donors (Lipinski definition) is 1. The number of rotatable bonds is 6. The van der Waals surface area contributed by atoms with Crippen molar-refractivity contribution in [3.05, 3.63) is 38.9 Å². The number of nitro groups is 1. The summed E-state index contributed by atoms with van der Waals surface area (Å²) in [6.45, 7) is 2.12. The van der Waals surface area contributed by atoms with Crippen LogP contribution in [-0.2, 0) is 5.75 Å². The van der Waals surface area contributed by atoms with E-state index in [0.29, 0.717) is 5.75 Å². The first-order chi connectivity index (χ1) is 8.04. The summed E-state index contributed by atoms with van der Waals surface area (Å²) in [6.07, 6.45) is 0. The lowest BCUT2D eigenvalue weighted by atomic mass is 10.2. The van der Waals surface area contributed by atoms with Crippen molar-refractivity contribution in [1.82, 2.24) is 0 Å². The molecule has 4 nitrogen and oxygen atoms in total. The Morgan fingerprint density at radius 3 is 2.88 bits per heavy atom. The van der Waals surface area contributed by atoms with Crippen LogP contribution in [0.15, 0.2) is 18.2 Å². The van der Waals surface area contributed by atoms with Gasteiger partial charge in [0.1, 0.15) is 5.02 Å². The van der Waals surface area contributed by atoms with Gasteiger partial charge in [-0.3, -0.25) is 10.1 Å². The number of thioether (sulfide) groups is 1. The highest BCUT2D eigenvalue weighted by molar-refractivity contribution is 7.98. The smallest absolute Gasteiger partial charge is 0.288 e. The second kappa shape index (κ2) is 6.83. The number of benzene rings is 1. The van der Waals surface area contributed by atoms with Gasteiger partial charge in [-0.2, -0.15) is 11.8 Å². The zero-order chi connectivity index (χ0) is 12.8. The number of nitrogens with zero attached hydrogens (tertiary/aromatic N) is 1. The second-order valence-electron chi connectivity index (χ2n) is 3.85. The van der Waals surface area contributed by atoms with Gasteiger partial charge in [0.05, 0.1) is 4.92 Å². The van der Waals surface area contributed by atoms with Gasteiger partial charge in [-0.25, -0.2) is 0 Å². The number of halogens is 1. The molecule has 0 saturated heterocycles. The van der Waals surface area contributed by atoms with E-state index in [-0.39, 0.29) is 23.2 Å². The Hall–Kier alpha value is -0.780. The summed E-state index contributed by atoms with van der Waals surface area (Å²) >= 11 is 7.36. The normalized spacial score (nSPS) is 12.4. The second-order valence-corrected chi connectivity index (χ2v) is 5.28. The van der Waals surface area contributed by atoms with Gasteiger partial charge in [0, 0.05) is 18.4 Å². The monoisotopic (exact) mass is 275 g/mol. The van der Waals surface area contributed by atoms with Crippen molar-refractivity contribution < 1.29 is 10.0 Å². The number of aliphatic hydroxyl groups is 1. The maximum atomic E-state index is 10.7. The molecule has 0 bridgehead atoms. The van der Waals surface area contributed by atoms with Gasteiger partial charge in [-0.05, 0) is 23.3 Å². The lowest BCUT2D eigenvalue weighted by Crippen LogP contribution is -2.03. The highest BCUT2D eigenvalue weighted by Gasteiger charge is 2.12. The molecule has 0 radical (unpaired) electrons. The maximum Gasteiger partial charge on any atom is 0.288 e. The molecule has 0 spiro atoms. The topological polar surface area (TPSA) is 63.4 Å². The molecule has 0 amide bonds. The van der Waals surface area contributed by atoms with E-state index in [0.717, 1.165) is 11.3 Å². The highest BCUT2D eigenvalue weighted by atomic mass is 35.5. The molecule has 1 N–H and O–H groups in total. The Morgan fingerprint density at radius 2 is 2.29 bits per heavy atom. The summed E-state index contributed by atoms with van der Waals surface area (Å²) in [4.78, 5) is 10.2. The summed E-state index contributed by atoms with van der Waals surface area (Å²) < 4.78 is 0. The Balaban J connectivity index is 2.60. The van der Waals surface area contributed by atoms with Gasteiger partial charge in [0.25, 0.3) is 5.69 Å². The van der Waals surface area contributed by atoms with Gasteiger partial charge in [0.2, 0.25) is 0 Å². The third-order valence-electron chi connectivity index (χ3n) is 2.19. The van der Waals surface area contributed by atoms with E-state index in [1.54, 1.807) is 23.9 Å². The minimum Gasteiger partial charge on any atom is -0.396 e. The molecule has 0 aromatic heterocycles. The van der Waals surface area contributed by atoms with Crippen LogP contribution in [0.1, 0.15) is 12.5 Å². The van der Waals surface area contributed by atoms with Crippen molar-refractivity contribution >= 4 is 29.1 Å². The van der Waals surface area contributed by atoms with E-state index in [1.165, 1.54) is 6.07 Å². The van der Waals surface area contributed by atoms with Crippen LogP contribution in [0.3, 0.4) is 0 Å². The first-order valence-corrected chi connectivity index (χ1v) is 6.69. The van der Waals surface area contributed by atoms with Crippen molar-refractivity contribution in [3.63, 3.8) is 0 Å². The zero-order valence-electron chi connectivity index (χ0n) is 9.43. The van der Waals surface area contributed by atoms with Gasteiger partial charge in [-0.1, -0.05) is 24.6 Å². The van der Waals surface area contributed by atoms with Crippen molar-refractivity contribution in [2.45, 2.75) is 12.7 Å². The van der Waals surface area contributed by atoms with Crippen LogP contribution in [0.4, 0.5) is 5.69 Å². The fourth-order valence-corrected chi connectivity index (χ4v) is 2.45. The van der Waals surface area contributed by atoms with Gasteiger partial charge in [-0.15, -0.1) is 0 Å². The lowest BCUT2D eigenvalue weighted by molar-refractivity contribution is -0.384. The minimum atomic E-state index is -0.479. The third-order valence-corrected chi connectivity index (χ3v) is 3.85. The molecule has 6 heteroatoms. The first kappa shape index (κ1) is 14.3. The molecule has 0 aliphatic rings. The molecule has 0 aliphatic carbocycles. The Labute approximate surface area is 109 Å². The summed E-state index contributed by atoms with van der Waals surface area (Å²) in [5.74, 6) is 1.75. The van der Waals surface area contributed by atoms with Crippen molar-refractivity contribution in [2.75, 3.05) is 12.4 Å². The van der Waals surface area contributed by atoms with Gasteiger partial charge >= 0.3 is 0 Å². The lowest BCUT2D eigenvalue weighted by Gasteiger charge is -2.07. The van der Waals surface area contributed by atoms with Crippen LogP contribution in [-0.4, -0.2) is 22.4 Å². The van der Waals surface area contributed by atoms with E-state index in [9.17, 15) is 10.1 Å². The fraction of sp³-hybridized carbons (Fsp3) is 0.455. The molecule has 17 heavy (non-hydrogen) atoms. The van der Waals surface area contributed by atoms with E-state index < -0.39 is 4.92 Å². The van der Waals surface area contributed by atoms with Crippen molar-refractivity contribution in [2.24, 2.45) is 5.92 Å². The Morgan fingerprint density at radius 1 is 1.59 bits per heavy atom. The predicted octanol–water partition coefficient (Wildman–Crippen LogP) is 3.11. The SMILES string of the molecule is CC(CO)CSCc1ccc(Cl)c([N+](=O)[O-])c1. The van der Waals surface area contributed by atoms with Crippen LogP contribution in [0.25, 0.3) is 0 Å². The largest absolute Gasteiger partial charge is 0.396 e. The Bertz CT molecular complexity index is 400. The summed E-state index contributed by atoms with van der Waals surface area (Å²) in [5.41, 5.74) is 0.816. The predicted molar refractivity (Wildman–Crippen MR) is 70.5 cm³/mol. The highest BCUT2D eigenvalue weighted by Crippen LogP contribution is 2.27. The average Bonchev–Trinajstić information content (AvgIpc) is 2.30. The van der Waals surface area contributed by atoms with E-state index in [2.05, 4.69) is 0 Å². The molecule has 1 aromatic rings. The fourth-order valence-electron chi connectivity index (χ4n) is 1.22. The van der Waals surface area contributed by atoms with E-state index in [4.69, 9.17) is 16.7 Å². The molecule has 1 aromatic carbocycles. The van der Waals surface area contributed by atoms with E-state index >= 15 is 0 Å². The third kappa shape index (κ3) is 4.53. The molecular weight excluding hydrogens is 262 g/mol. The molecule has 94 valence electrons. The van der Waals surface area contributed by atoms with Crippen LogP contribution >= 0.6 is 23.4 Å². The minimum absolute atomic E-state index is 0.0556. The molecule has 1 rings (SSSR count). The molecule has 0 fully saturated rings. The van der Waals surface area contributed by atoms with Gasteiger partial charge in [0.15, 0.2) is 0 Å². The number of aliphatic hydroxyl groups excluding tert-OH is 1. The quantitative estimate of drug-likeness (QED) is 0.640. The summed E-state index contributed by atoms with van der Waals surface area (Å²) in [5, 5.41) is 19.7. The van der Waals surface area contributed by atoms with Crippen LogP contribution in [0.5, 0.6) is 0 Å². The zero-order valence-corrected chi connectivity index (χ0v) is 11.0. The standard InChI is InChI=1S/C11H14ClNO3S/c1-8(5-14)6-17-7-9-2-3-10(12)11(4-9)13(15)16/h2-4,8,14H,5-7H2,1H3. The summed E-state index contributed by atoms with van der Waals surface area (Å²) in [6, 6.07) is 4.83. The first-order valence-electron chi connectivity index (χ1n) is 5.16. The maximum absolute atomic E-state index is 10.7. The van der Waals surface area contributed by atoms with Crippen LogP contribution in [0, 0.1) is 16.0 Å². The Kier molecular flexibility index (Phi) is 5.74. The van der Waals surface area contributed by atoms with Crippen molar-refractivity contribution in [3.8, 4) is 0 Å². The molecule has 0 heterocycles. The molecule has 0 saturated carbocycles. The molecular formula is C11H14ClNO3S. The van der Waals surface area contributed by atoms with E-state index in [1.807, 2.05) is 6.92 Å². The number of hydrogen-bond acceptors (Lipinski definition) is 4. The summed E-state index contributed by atoms with van der Waals surface area (Å²) in [7, 11) is 0. The average molecular weight is 276 g/mol. The number of nitro benzene ring substituents is 1. The van der Waals surface area contributed by atoms with Crippen LogP contribution in [0.2, 0.25) is 5.02 Å². The van der Waals surface area contributed by atoms with Gasteiger partial charge < -0.3 is 5.11 Å².